The van der Waals surface area contributed by atoms with Crippen LogP contribution in [0.3, 0.4) is 0 Å². The van der Waals surface area contributed by atoms with Gasteiger partial charge in [0, 0.05) is 12.5 Å². The van der Waals surface area contributed by atoms with E-state index >= 15 is 0 Å². The highest BCUT2D eigenvalue weighted by atomic mass is 14.7. The average molecular weight is 278 g/mol. The lowest BCUT2D eigenvalue weighted by atomic mass is 9.85. The van der Waals surface area contributed by atoms with E-state index < -0.39 is 0 Å². The van der Waals surface area contributed by atoms with Gasteiger partial charge in [0.25, 0.3) is 0 Å². The van der Waals surface area contributed by atoms with Crippen LogP contribution < -0.4 is 5.73 Å². The Bertz CT molecular complexity index is 269. The Balaban J connectivity index is 2.14. The van der Waals surface area contributed by atoms with Crippen molar-refractivity contribution in [3.05, 3.63) is 0 Å². The summed E-state index contributed by atoms with van der Waals surface area (Å²) in [5.41, 5.74) is 6.32. The zero-order valence-electron chi connectivity index (χ0n) is 13.4. The molecule has 2 heteroatoms. The maximum Gasteiger partial charge on any atom is 0.0621 e. The molecule has 1 fully saturated rings. The van der Waals surface area contributed by atoms with Crippen molar-refractivity contribution in [2.75, 3.05) is 0 Å². The van der Waals surface area contributed by atoms with Gasteiger partial charge in [0.1, 0.15) is 0 Å². The highest BCUT2D eigenvalue weighted by molar-refractivity contribution is 4.87. The van der Waals surface area contributed by atoms with Crippen LogP contribution in [0.25, 0.3) is 0 Å². The van der Waals surface area contributed by atoms with Gasteiger partial charge < -0.3 is 5.73 Å². The molecule has 1 rings (SSSR count). The normalized spacial score (nSPS) is 25.8. The Morgan fingerprint density at radius 1 is 0.950 bits per heavy atom. The third-order valence-corrected chi connectivity index (χ3v) is 5.03. The van der Waals surface area contributed by atoms with Crippen LogP contribution in [0, 0.1) is 23.2 Å². The molecule has 0 saturated heterocycles. The first-order valence-electron chi connectivity index (χ1n) is 8.92. The van der Waals surface area contributed by atoms with E-state index in [9.17, 15) is 0 Å². The first-order chi connectivity index (χ1) is 9.79. The van der Waals surface area contributed by atoms with Crippen molar-refractivity contribution in [2.24, 2.45) is 17.6 Å². The molecule has 1 aliphatic rings. The van der Waals surface area contributed by atoms with Gasteiger partial charge in [-0.05, 0) is 37.5 Å². The quantitative estimate of drug-likeness (QED) is 0.530. The molecule has 2 N–H and O–H groups in total. The largest absolute Gasteiger partial charge is 0.327 e. The molecule has 0 radical (unpaired) electrons. The number of rotatable bonds is 11. The van der Waals surface area contributed by atoms with Crippen molar-refractivity contribution >= 4 is 0 Å². The summed E-state index contributed by atoms with van der Waals surface area (Å²) in [5, 5.41) is 8.52. The second-order valence-electron chi connectivity index (χ2n) is 6.63. The third-order valence-electron chi connectivity index (χ3n) is 5.03. The van der Waals surface area contributed by atoms with E-state index in [1.807, 2.05) is 0 Å². The third kappa shape index (κ3) is 6.75. The number of hydrogen-bond acceptors (Lipinski definition) is 2. The number of nitrogens with zero attached hydrogens (tertiary/aromatic N) is 1. The predicted molar refractivity (Wildman–Crippen MR) is 86.3 cm³/mol. The minimum Gasteiger partial charge on any atom is -0.327 e. The SMILES string of the molecule is CCCCCCC1CCC(N)C1CCCCCCC#N. The summed E-state index contributed by atoms with van der Waals surface area (Å²) in [6.07, 6.45) is 16.5. The van der Waals surface area contributed by atoms with E-state index in [1.54, 1.807) is 0 Å². The second-order valence-corrected chi connectivity index (χ2v) is 6.63. The molecular formula is C18H34N2. The van der Waals surface area contributed by atoms with Gasteiger partial charge in [-0.2, -0.15) is 5.26 Å². The van der Waals surface area contributed by atoms with E-state index in [4.69, 9.17) is 11.0 Å². The fourth-order valence-corrected chi connectivity index (χ4v) is 3.76. The Morgan fingerprint density at radius 2 is 1.65 bits per heavy atom. The highest BCUT2D eigenvalue weighted by Gasteiger charge is 2.32. The summed E-state index contributed by atoms with van der Waals surface area (Å²) >= 11 is 0. The lowest BCUT2D eigenvalue weighted by molar-refractivity contribution is 0.303. The van der Waals surface area contributed by atoms with E-state index in [-0.39, 0.29) is 0 Å². The first-order valence-corrected chi connectivity index (χ1v) is 8.92. The Labute approximate surface area is 126 Å². The number of unbranched alkanes of at least 4 members (excludes halogenated alkanes) is 7. The van der Waals surface area contributed by atoms with Crippen LogP contribution in [0.4, 0.5) is 0 Å². The molecule has 0 aromatic carbocycles. The van der Waals surface area contributed by atoms with Crippen molar-refractivity contribution in [3.8, 4) is 6.07 Å². The maximum atomic E-state index is 8.52. The van der Waals surface area contributed by atoms with Gasteiger partial charge in [0.15, 0.2) is 0 Å². The zero-order valence-corrected chi connectivity index (χ0v) is 13.4. The van der Waals surface area contributed by atoms with Gasteiger partial charge in [-0.3, -0.25) is 0 Å². The van der Waals surface area contributed by atoms with Crippen LogP contribution in [-0.4, -0.2) is 6.04 Å². The van der Waals surface area contributed by atoms with Crippen molar-refractivity contribution in [1.82, 2.24) is 0 Å². The molecule has 3 atom stereocenters. The van der Waals surface area contributed by atoms with Crippen LogP contribution in [0.5, 0.6) is 0 Å². The number of nitrogens with two attached hydrogens (primary N) is 1. The molecule has 3 unspecified atom stereocenters. The molecule has 1 aliphatic carbocycles. The number of nitriles is 1. The van der Waals surface area contributed by atoms with Crippen LogP contribution in [-0.2, 0) is 0 Å². The van der Waals surface area contributed by atoms with Crippen LogP contribution in [0.15, 0.2) is 0 Å². The van der Waals surface area contributed by atoms with E-state index in [2.05, 4.69) is 13.0 Å². The molecule has 116 valence electrons. The van der Waals surface area contributed by atoms with E-state index in [0.29, 0.717) is 6.04 Å². The molecule has 0 amide bonds. The molecule has 0 heterocycles. The monoisotopic (exact) mass is 278 g/mol. The Kier molecular flexibility index (Phi) is 9.75. The van der Waals surface area contributed by atoms with Crippen molar-refractivity contribution < 1.29 is 0 Å². The van der Waals surface area contributed by atoms with E-state index in [1.165, 1.54) is 70.6 Å². The smallest absolute Gasteiger partial charge is 0.0621 e. The van der Waals surface area contributed by atoms with Crippen molar-refractivity contribution in [2.45, 2.75) is 96.4 Å². The molecule has 0 aromatic rings. The highest BCUT2D eigenvalue weighted by Crippen LogP contribution is 2.38. The summed E-state index contributed by atoms with van der Waals surface area (Å²) in [5.74, 6) is 1.69. The molecule has 0 bridgehead atoms. The predicted octanol–water partition coefficient (Wildman–Crippen LogP) is 5.17. The molecule has 0 aromatic heterocycles. The molecule has 0 aliphatic heterocycles. The molecule has 20 heavy (non-hydrogen) atoms. The van der Waals surface area contributed by atoms with Gasteiger partial charge in [-0.15, -0.1) is 0 Å². The van der Waals surface area contributed by atoms with Gasteiger partial charge >= 0.3 is 0 Å². The topological polar surface area (TPSA) is 49.8 Å². The average Bonchev–Trinajstić information content (AvgIpc) is 2.80. The first kappa shape index (κ1) is 17.5. The Hall–Kier alpha value is -0.550. The minimum absolute atomic E-state index is 0.463. The summed E-state index contributed by atoms with van der Waals surface area (Å²) < 4.78 is 0. The van der Waals surface area contributed by atoms with Gasteiger partial charge in [-0.1, -0.05) is 58.3 Å². The summed E-state index contributed by atoms with van der Waals surface area (Å²) in [7, 11) is 0. The fourth-order valence-electron chi connectivity index (χ4n) is 3.76. The lowest BCUT2D eigenvalue weighted by Gasteiger charge is -2.23. The second kappa shape index (κ2) is 11.1. The zero-order chi connectivity index (χ0) is 14.6. The summed E-state index contributed by atoms with van der Waals surface area (Å²) in [6.45, 7) is 2.28. The number of hydrogen-bond donors (Lipinski definition) is 1. The molecule has 1 saturated carbocycles. The Morgan fingerprint density at radius 3 is 2.40 bits per heavy atom. The van der Waals surface area contributed by atoms with Crippen molar-refractivity contribution in [3.63, 3.8) is 0 Å². The molecule has 2 nitrogen and oxygen atoms in total. The standard InChI is InChI=1S/C18H34N2/c1-2-3-4-8-11-16-13-14-18(20)17(16)12-9-6-5-7-10-15-19/h16-18H,2-14,20H2,1H3. The van der Waals surface area contributed by atoms with Gasteiger partial charge in [-0.25, -0.2) is 0 Å². The summed E-state index contributed by atoms with van der Waals surface area (Å²) in [4.78, 5) is 0. The van der Waals surface area contributed by atoms with E-state index in [0.717, 1.165) is 24.7 Å². The van der Waals surface area contributed by atoms with Crippen LogP contribution in [0.2, 0.25) is 0 Å². The van der Waals surface area contributed by atoms with Crippen molar-refractivity contribution in [1.29, 1.82) is 5.26 Å². The fraction of sp³-hybridized carbons (Fsp3) is 0.944. The molecular weight excluding hydrogens is 244 g/mol. The van der Waals surface area contributed by atoms with Gasteiger partial charge in [0.05, 0.1) is 6.07 Å². The molecule has 0 spiro atoms. The maximum absolute atomic E-state index is 8.52. The lowest BCUT2D eigenvalue weighted by Crippen LogP contribution is -2.27. The minimum atomic E-state index is 0.463. The van der Waals surface area contributed by atoms with Crippen LogP contribution in [0.1, 0.15) is 90.4 Å². The van der Waals surface area contributed by atoms with Crippen LogP contribution >= 0.6 is 0 Å². The van der Waals surface area contributed by atoms with Gasteiger partial charge in [0.2, 0.25) is 0 Å². The summed E-state index contributed by atoms with van der Waals surface area (Å²) in [6, 6.07) is 2.69.